The summed E-state index contributed by atoms with van der Waals surface area (Å²) in [5.74, 6) is 1.34. The van der Waals surface area contributed by atoms with Crippen molar-refractivity contribution >= 4 is 11.8 Å². The maximum atomic E-state index is 5.81. The van der Waals surface area contributed by atoms with E-state index in [1.807, 2.05) is 18.2 Å². The molecule has 0 fully saturated rings. The van der Waals surface area contributed by atoms with Crippen LogP contribution in [0, 0.1) is 16.9 Å². The van der Waals surface area contributed by atoms with Gasteiger partial charge in [-0.15, -0.1) is 24.3 Å². The van der Waals surface area contributed by atoms with Gasteiger partial charge in [-0.25, -0.2) is 0 Å². The van der Waals surface area contributed by atoms with E-state index in [9.17, 15) is 0 Å². The molecule has 0 spiro atoms. The van der Waals surface area contributed by atoms with Crippen LogP contribution in [-0.2, 0) is 9.47 Å². The third kappa shape index (κ3) is 4.49. The molecule has 4 nitrogen and oxygen atoms in total. The Kier molecular flexibility index (Phi) is 5.76. The minimum absolute atomic E-state index is 0. The first-order valence-electron chi connectivity index (χ1n) is 8.59. The van der Waals surface area contributed by atoms with Crippen LogP contribution in [-0.4, -0.2) is 37.1 Å². The number of ether oxygens (including phenoxy) is 2. The number of nitrogens with zero attached hydrogens (tertiary/aromatic N) is 2. The van der Waals surface area contributed by atoms with E-state index in [4.69, 9.17) is 19.5 Å². The van der Waals surface area contributed by atoms with Crippen LogP contribution in [0.25, 0.3) is 0 Å². The number of hydrogen-bond donors (Lipinski definition) is 0. The van der Waals surface area contributed by atoms with E-state index >= 15 is 0 Å². The number of benzene rings is 1. The molecule has 0 amide bonds. The molecule has 5 heteroatoms. The molecule has 0 N–H and O–H groups in total. The van der Waals surface area contributed by atoms with Gasteiger partial charge in [-0.1, -0.05) is 52.7 Å². The summed E-state index contributed by atoms with van der Waals surface area (Å²) in [6.07, 6.45) is 0. The molecule has 0 aliphatic carbocycles. The quantitative estimate of drug-likeness (QED) is 0.595. The van der Waals surface area contributed by atoms with E-state index in [1.165, 1.54) is 0 Å². The van der Waals surface area contributed by atoms with Crippen molar-refractivity contribution in [1.29, 1.82) is 0 Å². The Morgan fingerprint density at radius 3 is 1.56 bits per heavy atom. The van der Waals surface area contributed by atoms with Crippen LogP contribution < -0.4 is 18.9 Å². The zero-order valence-electron chi connectivity index (χ0n) is 16.5. The predicted octanol–water partition coefficient (Wildman–Crippen LogP) is 0.874. The van der Waals surface area contributed by atoms with Crippen molar-refractivity contribution in [2.75, 3.05) is 13.2 Å². The third-order valence-electron chi connectivity index (χ3n) is 4.56. The summed E-state index contributed by atoms with van der Waals surface area (Å²) in [7, 11) is 0. The minimum Gasteiger partial charge on any atom is -0.509 e. The van der Waals surface area contributed by atoms with E-state index < -0.39 is 0 Å². The number of aliphatic imine (C=N–C) groups is 2. The van der Waals surface area contributed by atoms with E-state index in [0.29, 0.717) is 25.0 Å². The van der Waals surface area contributed by atoms with Crippen molar-refractivity contribution in [1.82, 2.24) is 0 Å². The number of rotatable bonds is 2. The van der Waals surface area contributed by atoms with Crippen molar-refractivity contribution in [2.24, 2.45) is 20.8 Å². The summed E-state index contributed by atoms with van der Waals surface area (Å²) in [6.45, 7) is 14.3. The summed E-state index contributed by atoms with van der Waals surface area (Å²) in [5, 5.41) is 0. The van der Waals surface area contributed by atoms with Crippen LogP contribution in [0.15, 0.2) is 28.2 Å². The molecule has 2 aliphatic heterocycles. The minimum atomic E-state index is 0. The first-order valence-corrected chi connectivity index (χ1v) is 8.59. The van der Waals surface area contributed by atoms with Gasteiger partial charge in [0.25, 0.3) is 0 Å². The maximum Gasteiger partial charge on any atom is 1.00 e. The molecule has 0 aromatic heterocycles. The van der Waals surface area contributed by atoms with Crippen molar-refractivity contribution in [2.45, 2.75) is 53.6 Å². The van der Waals surface area contributed by atoms with Gasteiger partial charge in [-0.2, -0.15) is 0 Å². The van der Waals surface area contributed by atoms with Crippen LogP contribution in [0.4, 0.5) is 0 Å². The van der Waals surface area contributed by atoms with Gasteiger partial charge in [-0.3, -0.25) is 9.98 Å². The molecule has 2 aliphatic rings. The van der Waals surface area contributed by atoms with Crippen molar-refractivity contribution in [3.63, 3.8) is 0 Å². The standard InChI is InChI=1S/C20H27N2O2.Li/c1-19(2,3)15-11-23-17(21-15)13-8-7-9-14(10-13)18-22-16(12-24-18)20(4,5)6;/h7-9,15-16H,11-12H2,1-6H3;/q-1;+1/t15-,16-;/m1./s1. The monoisotopic (exact) mass is 334 g/mol. The van der Waals surface area contributed by atoms with Crippen LogP contribution in [0.1, 0.15) is 52.7 Å². The van der Waals surface area contributed by atoms with Crippen molar-refractivity contribution in [3.8, 4) is 0 Å². The zero-order valence-corrected chi connectivity index (χ0v) is 16.5. The van der Waals surface area contributed by atoms with Gasteiger partial charge in [0.2, 0.25) is 0 Å². The molecule has 0 radical (unpaired) electrons. The molecule has 1 aromatic rings. The SMILES string of the molecule is CC(C)(C)[C@H]1COC(c2[c-]c(C3=N[C@@H](C(C)(C)C)CO3)ccc2)=N1.[Li+]. The molecule has 130 valence electrons. The van der Waals surface area contributed by atoms with Gasteiger partial charge in [0, 0.05) is 0 Å². The van der Waals surface area contributed by atoms with Crippen molar-refractivity contribution < 1.29 is 28.3 Å². The van der Waals surface area contributed by atoms with Crippen LogP contribution in [0.5, 0.6) is 0 Å². The second-order valence-electron chi connectivity index (χ2n) is 8.73. The zero-order chi connectivity index (χ0) is 17.5. The molecule has 2 atom stereocenters. The first kappa shape index (κ1) is 20.1. The molecule has 2 heterocycles. The van der Waals surface area contributed by atoms with E-state index in [2.05, 4.69) is 47.6 Å². The van der Waals surface area contributed by atoms with Crippen LogP contribution in [0.2, 0.25) is 0 Å². The molecule has 0 saturated heterocycles. The second kappa shape index (κ2) is 7.17. The Labute approximate surface area is 163 Å². The van der Waals surface area contributed by atoms with Gasteiger partial charge in [0.1, 0.15) is 25.0 Å². The number of hydrogen-bond acceptors (Lipinski definition) is 4. The fourth-order valence-electron chi connectivity index (χ4n) is 2.65. The fraction of sp³-hybridized carbons (Fsp3) is 0.600. The molecule has 25 heavy (non-hydrogen) atoms. The van der Waals surface area contributed by atoms with Gasteiger partial charge < -0.3 is 9.47 Å². The predicted molar refractivity (Wildman–Crippen MR) is 96.7 cm³/mol. The third-order valence-corrected chi connectivity index (χ3v) is 4.56. The van der Waals surface area contributed by atoms with Gasteiger partial charge >= 0.3 is 18.9 Å². The Bertz CT molecular complexity index is 628. The summed E-state index contributed by atoms with van der Waals surface area (Å²) in [4.78, 5) is 9.47. The fourth-order valence-corrected chi connectivity index (χ4v) is 2.65. The van der Waals surface area contributed by atoms with Crippen molar-refractivity contribution in [3.05, 3.63) is 35.4 Å². The molecular weight excluding hydrogens is 307 g/mol. The topological polar surface area (TPSA) is 43.2 Å². The maximum absolute atomic E-state index is 5.81. The Morgan fingerprint density at radius 1 is 0.840 bits per heavy atom. The van der Waals surface area contributed by atoms with E-state index in [0.717, 1.165) is 11.1 Å². The summed E-state index contributed by atoms with van der Waals surface area (Å²) in [5.41, 5.74) is 1.92. The molecular formula is C20H27LiN2O2. The van der Waals surface area contributed by atoms with Gasteiger partial charge in [0.05, 0.1) is 12.1 Å². The molecule has 0 unspecified atom stereocenters. The Morgan fingerprint density at radius 2 is 1.24 bits per heavy atom. The molecule has 0 saturated carbocycles. The summed E-state index contributed by atoms with van der Waals surface area (Å²) < 4.78 is 11.6. The first-order chi connectivity index (χ1) is 11.1. The molecule has 0 bridgehead atoms. The largest absolute Gasteiger partial charge is 1.00 e. The normalized spacial score (nSPS) is 23.3. The molecule has 3 rings (SSSR count). The average Bonchev–Trinajstić information content (AvgIpc) is 3.16. The second-order valence-corrected chi connectivity index (χ2v) is 8.73. The summed E-state index contributed by atoms with van der Waals surface area (Å²) >= 11 is 0. The summed E-state index contributed by atoms with van der Waals surface area (Å²) in [6, 6.07) is 9.64. The van der Waals surface area contributed by atoms with E-state index in [-0.39, 0.29) is 41.8 Å². The Balaban J connectivity index is 0.00000225. The Hall–Kier alpha value is -1.24. The smallest absolute Gasteiger partial charge is 0.509 e. The molecule has 1 aromatic carbocycles. The van der Waals surface area contributed by atoms with E-state index in [1.54, 1.807) is 0 Å². The van der Waals surface area contributed by atoms with Crippen LogP contribution in [0.3, 0.4) is 0 Å². The van der Waals surface area contributed by atoms with Crippen LogP contribution >= 0.6 is 0 Å². The van der Waals surface area contributed by atoms with Gasteiger partial charge in [-0.05, 0) is 10.8 Å². The average molecular weight is 334 g/mol. The van der Waals surface area contributed by atoms with Gasteiger partial charge in [0.15, 0.2) is 0 Å².